The second-order valence-electron chi connectivity index (χ2n) is 6.98. The van der Waals surface area contributed by atoms with E-state index in [9.17, 15) is 0 Å². The third-order valence-electron chi connectivity index (χ3n) is 4.68. The van der Waals surface area contributed by atoms with Gasteiger partial charge in [-0.1, -0.05) is 63.3 Å². The zero-order valence-corrected chi connectivity index (χ0v) is 14.9. The van der Waals surface area contributed by atoms with Gasteiger partial charge in [0.25, 0.3) is 0 Å². The summed E-state index contributed by atoms with van der Waals surface area (Å²) in [6.07, 6.45) is 10.8. The minimum absolute atomic E-state index is 0.264. The van der Waals surface area contributed by atoms with Crippen LogP contribution in [0.15, 0.2) is 24.3 Å². The highest BCUT2D eigenvalue weighted by Crippen LogP contribution is 2.19. The van der Waals surface area contributed by atoms with E-state index in [0.29, 0.717) is 5.39 Å². The van der Waals surface area contributed by atoms with Crippen LogP contribution in [-0.2, 0) is 22.5 Å². The first-order valence-corrected chi connectivity index (χ1v) is 9.23. The molecule has 0 radical (unpaired) electrons. The standard InChI is InChI=1S/C19H32N2O3/c1-2-3-4-5-6-7-8-17-9-11-18(12-10-17)13-14-19(20)15-23-21(22)24-16-19/h9-12,22H,2-8,13-16,20H2,1H3. The van der Waals surface area contributed by atoms with Gasteiger partial charge in [-0.15, -0.1) is 0 Å². The van der Waals surface area contributed by atoms with Crippen molar-refractivity contribution in [3.63, 3.8) is 0 Å². The number of hydrogen-bond acceptors (Lipinski definition) is 5. The van der Waals surface area contributed by atoms with E-state index >= 15 is 0 Å². The van der Waals surface area contributed by atoms with Gasteiger partial charge >= 0.3 is 0 Å². The third kappa shape index (κ3) is 6.87. The Labute approximate surface area is 145 Å². The quantitative estimate of drug-likeness (QED) is 0.636. The number of nitrogens with zero attached hydrogens (tertiary/aromatic N) is 1. The molecule has 1 aliphatic heterocycles. The molecule has 0 amide bonds. The van der Waals surface area contributed by atoms with E-state index in [1.165, 1.54) is 56.1 Å². The minimum Gasteiger partial charge on any atom is -0.321 e. The van der Waals surface area contributed by atoms with E-state index in [-0.39, 0.29) is 13.2 Å². The van der Waals surface area contributed by atoms with Gasteiger partial charge < -0.3 is 5.73 Å². The van der Waals surface area contributed by atoms with Crippen LogP contribution >= 0.6 is 0 Å². The van der Waals surface area contributed by atoms with E-state index in [1.54, 1.807) is 0 Å². The van der Waals surface area contributed by atoms with Gasteiger partial charge in [0.1, 0.15) is 0 Å². The Balaban J connectivity index is 1.66. The lowest BCUT2D eigenvalue weighted by atomic mass is 9.93. The predicted octanol–water partition coefficient (Wildman–Crippen LogP) is 3.79. The number of nitrogens with two attached hydrogens (primary N) is 1. The summed E-state index contributed by atoms with van der Waals surface area (Å²) < 4.78 is 0. The first-order chi connectivity index (χ1) is 11.6. The van der Waals surface area contributed by atoms with Crippen molar-refractivity contribution in [2.75, 3.05) is 13.2 Å². The zero-order valence-electron chi connectivity index (χ0n) is 14.9. The van der Waals surface area contributed by atoms with Crippen LogP contribution in [0.5, 0.6) is 0 Å². The molecule has 0 unspecified atom stereocenters. The SMILES string of the molecule is CCCCCCCCc1ccc(CCC2(N)CON(O)OC2)cc1. The fourth-order valence-corrected chi connectivity index (χ4v) is 2.97. The monoisotopic (exact) mass is 336 g/mol. The fraction of sp³-hybridized carbons (Fsp3) is 0.684. The topological polar surface area (TPSA) is 68.0 Å². The van der Waals surface area contributed by atoms with Crippen LogP contribution < -0.4 is 5.73 Å². The highest BCUT2D eigenvalue weighted by Gasteiger charge is 2.32. The van der Waals surface area contributed by atoms with Gasteiger partial charge in [-0.2, -0.15) is 0 Å². The van der Waals surface area contributed by atoms with Crippen molar-refractivity contribution >= 4 is 0 Å². The molecule has 0 bridgehead atoms. The second kappa shape index (κ2) is 10.1. The zero-order chi connectivity index (χ0) is 17.3. The number of aryl methyl sites for hydroxylation is 2. The van der Waals surface area contributed by atoms with Crippen molar-refractivity contribution in [1.82, 2.24) is 5.39 Å². The first kappa shape index (κ1) is 19.3. The van der Waals surface area contributed by atoms with Crippen LogP contribution in [-0.4, -0.2) is 29.3 Å². The normalized spacial score (nSPS) is 18.0. The molecule has 0 saturated carbocycles. The van der Waals surface area contributed by atoms with Crippen molar-refractivity contribution in [3.8, 4) is 0 Å². The molecule has 0 atom stereocenters. The maximum atomic E-state index is 9.02. The summed E-state index contributed by atoms with van der Waals surface area (Å²) in [5.74, 6) is 0. The summed E-state index contributed by atoms with van der Waals surface area (Å²) in [6, 6.07) is 8.85. The average molecular weight is 336 g/mol. The van der Waals surface area contributed by atoms with Crippen LogP contribution in [0.2, 0.25) is 0 Å². The van der Waals surface area contributed by atoms with E-state index in [0.717, 1.165) is 12.8 Å². The number of rotatable bonds is 10. The van der Waals surface area contributed by atoms with Crippen molar-refractivity contribution in [1.29, 1.82) is 0 Å². The van der Waals surface area contributed by atoms with Gasteiger partial charge in [-0.25, -0.2) is 9.68 Å². The average Bonchev–Trinajstić information content (AvgIpc) is 2.60. The lowest BCUT2D eigenvalue weighted by Gasteiger charge is -2.34. The summed E-state index contributed by atoms with van der Waals surface area (Å²) in [7, 11) is 0. The fourth-order valence-electron chi connectivity index (χ4n) is 2.97. The largest absolute Gasteiger partial charge is 0.321 e. The number of hydrogen-bond donors (Lipinski definition) is 2. The molecule has 1 aliphatic rings. The summed E-state index contributed by atoms with van der Waals surface area (Å²) in [5, 5.41) is 9.41. The molecule has 2 rings (SSSR count). The van der Waals surface area contributed by atoms with E-state index in [4.69, 9.17) is 20.6 Å². The van der Waals surface area contributed by atoms with Gasteiger partial charge in [-0.05, 0) is 36.8 Å². The molecule has 136 valence electrons. The van der Waals surface area contributed by atoms with Gasteiger partial charge in [-0.3, -0.25) is 5.21 Å². The molecular weight excluding hydrogens is 304 g/mol. The Morgan fingerprint density at radius 2 is 1.50 bits per heavy atom. The van der Waals surface area contributed by atoms with Gasteiger partial charge in [0, 0.05) is 0 Å². The van der Waals surface area contributed by atoms with Crippen molar-refractivity contribution in [2.45, 2.75) is 70.3 Å². The van der Waals surface area contributed by atoms with E-state index in [1.807, 2.05) is 0 Å². The Kier molecular flexibility index (Phi) is 8.15. The molecule has 5 heteroatoms. The van der Waals surface area contributed by atoms with Crippen molar-refractivity contribution in [3.05, 3.63) is 35.4 Å². The Morgan fingerprint density at radius 3 is 2.12 bits per heavy atom. The molecule has 1 aromatic carbocycles. The predicted molar refractivity (Wildman–Crippen MR) is 94.3 cm³/mol. The molecule has 24 heavy (non-hydrogen) atoms. The van der Waals surface area contributed by atoms with Crippen molar-refractivity contribution in [2.24, 2.45) is 5.73 Å². The smallest absolute Gasteiger partial charge is 0.0939 e. The maximum absolute atomic E-state index is 9.02. The number of unbranched alkanes of at least 4 members (excludes halogenated alkanes) is 5. The molecule has 5 nitrogen and oxygen atoms in total. The van der Waals surface area contributed by atoms with Gasteiger partial charge in [0.05, 0.1) is 24.1 Å². The molecule has 0 aromatic heterocycles. The Hall–Kier alpha value is -0.980. The van der Waals surface area contributed by atoms with Crippen LogP contribution in [0.25, 0.3) is 0 Å². The molecule has 1 heterocycles. The lowest BCUT2D eigenvalue weighted by Crippen LogP contribution is -2.55. The molecule has 1 fully saturated rings. The first-order valence-electron chi connectivity index (χ1n) is 9.23. The molecule has 0 aliphatic carbocycles. The highest BCUT2D eigenvalue weighted by molar-refractivity contribution is 5.23. The van der Waals surface area contributed by atoms with Crippen LogP contribution in [0.1, 0.15) is 63.0 Å². The maximum Gasteiger partial charge on any atom is 0.0939 e. The Bertz CT molecular complexity index is 456. The minimum atomic E-state index is -0.545. The third-order valence-corrected chi connectivity index (χ3v) is 4.68. The number of benzene rings is 1. The summed E-state index contributed by atoms with van der Waals surface area (Å²) in [6.45, 7) is 2.78. The molecule has 3 N–H and O–H groups in total. The summed E-state index contributed by atoms with van der Waals surface area (Å²) in [4.78, 5) is 9.84. The van der Waals surface area contributed by atoms with Crippen molar-refractivity contribution < 1.29 is 14.9 Å². The van der Waals surface area contributed by atoms with Crippen LogP contribution in [0.4, 0.5) is 0 Å². The molecule has 1 aromatic rings. The summed E-state index contributed by atoms with van der Waals surface area (Å²) >= 11 is 0. The van der Waals surface area contributed by atoms with E-state index in [2.05, 4.69) is 31.2 Å². The second-order valence-corrected chi connectivity index (χ2v) is 6.98. The van der Waals surface area contributed by atoms with Gasteiger partial charge in [0.2, 0.25) is 0 Å². The Morgan fingerprint density at radius 1 is 0.958 bits per heavy atom. The summed E-state index contributed by atoms with van der Waals surface area (Å²) in [5.41, 5.74) is 8.37. The van der Waals surface area contributed by atoms with Crippen LogP contribution in [0, 0.1) is 0 Å². The van der Waals surface area contributed by atoms with E-state index < -0.39 is 5.54 Å². The van der Waals surface area contributed by atoms with Crippen LogP contribution in [0.3, 0.4) is 0 Å². The molecule has 1 saturated heterocycles. The molecular formula is C19H32N2O3. The lowest BCUT2D eigenvalue weighted by molar-refractivity contribution is -0.534. The highest BCUT2D eigenvalue weighted by atomic mass is 17.1. The van der Waals surface area contributed by atoms with Gasteiger partial charge in [0.15, 0.2) is 0 Å². The molecule has 0 spiro atoms.